The van der Waals surface area contributed by atoms with Crippen molar-refractivity contribution < 1.29 is 9.31 Å². The Morgan fingerprint density at radius 2 is 1.60 bits per heavy atom. The Bertz CT molecular complexity index is 641. The van der Waals surface area contributed by atoms with Gasteiger partial charge >= 0.3 is 7.12 Å². The molecule has 2 aliphatic rings. The summed E-state index contributed by atoms with van der Waals surface area (Å²) in [5.41, 5.74) is 0.592. The Balaban J connectivity index is 1.73. The Morgan fingerprint density at radius 3 is 2.08 bits per heavy atom. The predicted octanol–water partition coefficient (Wildman–Crippen LogP) is 5.53. The molecule has 2 fully saturated rings. The fourth-order valence-corrected chi connectivity index (χ4v) is 4.19. The third kappa shape index (κ3) is 3.47. The summed E-state index contributed by atoms with van der Waals surface area (Å²) in [4.78, 5) is 0. The van der Waals surface area contributed by atoms with Crippen LogP contribution in [0.25, 0.3) is 0 Å². The summed E-state index contributed by atoms with van der Waals surface area (Å²) in [6, 6.07) is 10.4. The Morgan fingerprint density at radius 1 is 1.08 bits per heavy atom. The molecule has 134 valence electrons. The molecule has 1 aromatic carbocycles. The minimum atomic E-state index is -0.283. The average molecular weight is 360 g/mol. The third-order valence-electron chi connectivity index (χ3n) is 6.52. The summed E-state index contributed by atoms with van der Waals surface area (Å²) in [6.07, 6.45) is 4.54. The van der Waals surface area contributed by atoms with E-state index in [0.29, 0.717) is 12.2 Å². The molecule has 0 N–H and O–H groups in total. The molecule has 1 aromatic rings. The van der Waals surface area contributed by atoms with E-state index in [4.69, 9.17) is 20.9 Å². The minimum absolute atomic E-state index is 0.0700. The molecule has 0 unspecified atom stereocenters. The van der Waals surface area contributed by atoms with Crippen LogP contribution in [0.4, 0.5) is 0 Å². The summed E-state index contributed by atoms with van der Waals surface area (Å²) in [7, 11) is -0.143. The minimum Gasteiger partial charge on any atom is -0.403 e. The van der Waals surface area contributed by atoms with Crippen molar-refractivity contribution in [1.29, 1.82) is 5.26 Å². The predicted molar refractivity (Wildman–Crippen MR) is 102 cm³/mol. The first kappa shape index (κ1) is 18.8. The molecule has 1 aliphatic carbocycles. The molecule has 0 bridgehead atoms. The van der Waals surface area contributed by atoms with Gasteiger partial charge in [-0.25, -0.2) is 0 Å². The lowest BCUT2D eigenvalue weighted by atomic mass is 9.56. The van der Waals surface area contributed by atoms with Gasteiger partial charge in [-0.05, 0) is 64.1 Å². The van der Waals surface area contributed by atoms with Crippen molar-refractivity contribution in [3.63, 3.8) is 0 Å². The van der Waals surface area contributed by atoms with E-state index in [1.165, 1.54) is 5.56 Å². The SMILES string of the molecule is CC1(C)OB(C2CCC(CC#N)(c3ccc(Cl)cc3)CC2)OC1(C)C. The van der Waals surface area contributed by atoms with Gasteiger partial charge in [-0.2, -0.15) is 5.26 Å². The van der Waals surface area contributed by atoms with Crippen LogP contribution in [0.2, 0.25) is 10.8 Å². The van der Waals surface area contributed by atoms with E-state index in [-0.39, 0.29) is 23.7 Å². The largest absolute Gasteiger partial charge is 0.461 e. The van der Waals surface area contributed by atoms with Gasteiger partial charge in [0.05, 0.1) is 17.3 Å². The number of nitrogens with zero attached hydrogens (tertiary/aromatic N) is 1. The maximum atomic E-state index is 9.39. The topological polar surface area (TPSA) is 42.2 Å². The molecule has 0 aromatic heterocycles. The first-order valence-corrected chi connectivity index (χ1v) is 9.56. The van der Waals surface area contributed by atoms with Crippen LogP contribution in [-0.4, -0.2) is 18.3 Å². The molecule has 5 heteroatoms. The first-order valence-electron chi connectivity index (χ1n) is 9.18. The van der Waals surface area contributed by atoms with E-state index < -0.39 is 0 Å². The van der Waals surface area contributed by atoms with Crippen molar-refractivity contribution >= 4 is 18.7 Å². The van der Waals surface area contributed by atoms with Crippen LogP contribution >= 0.6 is 11.6 Å². The van der Waals surface area contributed by atoms with Crippen molar-refractivity contribution in [2.45, 2.75) is 82.2 Å². The molecular formula is C20H27BClNO2. The van der Waals surface area contributed by atoms with Gasteiger partial charge in [0, 0.05) is 16.9 Å². The van der Waals surface area contributed by atoms with E-state index in [1.807, 2.05) is 12.1 Å². The zero-order chi connectivity index (χ0) is 18.3. The van der Waals surface area contributed by atoms with Gasteiger partial charge in [0.15, 0.2) is 0 Å². The quantitative estimate of drug-likeness (QED) is 0.666. The van der Waals surface area contributed by atoms with Crippen molar-refractivity contribution in [3.8, 4) is 6.07 Å². The molecule has 0 amide bonds. The summed E-state index contributed by atoms with van der Waals surface area (Å²) in [5.74, 6) is 0.389. The standard InChI is InChI=1S/C20H27BClNO2/c1-18(2)19(3,4)25-21(24-18)16-9-11-20(12-10-16,13-14-23)15-5-7-17(22)8-6-15/h5-8,16H,9-13H2,1-4H3. The second-order valence-corrected chi connectivity index (χ2v) is 9.02. The molecular weight excluding hydrogens is 332 g/mol. The van der Waals surface area contributed by atoms with Crippen LogP contribution in [0.3, 0.4) is 0 Å². The van der Waals surface area contributed by atoms with E-state index in [1.54, 1.807) is 0 Å². The maximum absolute atomic E-state index is 9.39. The molecule has 1 aliphatic heterocycles. The molecule has 3 rings (SSSR count). The summed E-state index contributed by atoms with van der Waals surface area (Å²) in [5, 5.41) is 10.1. The van der Waals surface area contributed by atoms with E-state index in [2.05, 4.69) is 45.9 Å². The van der Waals surface area contributed by atoms with Crippen LogP contribution in [0.1, 0.15) is 65.4 Å². The zero-order valence-corrected chi connectivity index (χ0v) is 16.4. The van der Waals surface area contributed by atoms with Crippen molar-refractivity contribution in [2.24, 2.45) is 0 Å². The number of nitriles is 1. The Hall–Kier alpha value is -1.02. The van der Waals surface area contributed by atoms with E-state index >= 15 is 0 Å². The number of hydrogen-bond acceptors (Lipinski definition) is 3. The summed E-state index contributed by atoms with van der Waals surface area (Å²) in [6.45, 7) is 8.40. The number of hydrogen-bond donors (Lipinski definition) is 0. The Kier molecular flexibility index (Phi) is 4.96. The Labute approximate surface area is 156 Å². The lowest BCUT2D eigenvalue weighted by molar-refractivity contribution is 0.00578. The molecule has 25 heavy (non-hydrogen) atoms. The first-order chi connectivity index (χ1) is 11.7. The van der Waals surface area contributed by atoms with Gasteiger partial charge in [-0.1, -0.05) is 36.6 Å². The highest BCUT2D eigenvalue weighted by atomic mass is 35.5. The van der Waals surface area contributed by atoms with Crippen LogP contribution < -0.4 is 0 Å². The van der Waals surface area contributed by atoms with Gasteiger partial charge in [-0.3, -0.25) is 0 Å². The van der Waals surface area contributed by atoms with Gasteiger partial charge in [0.25, 0.3) is 0 Å². The number of rotatable bonds is 3. The average Bonchev–Trinajstić information content (AvgIpc) is 2.77. The summed E-state index contributed by atoms with van der Waals surface area (Å²) < 4.78 is 12.5. The third-order valence-corrected chi connectivity index (χ3v) is 6.77. The van der Waals surface area contributed by atoms with E-state index in [9.17, 15) is 5.26 Å². The summed E-state index contributed by atoms with van der Waals surface area (Å²) >= 11 is 6.04. The highest BCUT2D eigenvalue weighted by molar-refractivity contribution is 6.47. The lowest BCUT2D eigenvalue weighted by Crippen LogP contribution is -2.41. The lowest BCUT2D eigenvalue weighted by Gasteiger charge is -2.39. The molecule has 1 saturated heterocycles. The van der Waals surface area contributed by atoms with Gasteiger partial charge in [0.2, 0.25) is 0 Å². The second kappa shape index (κ2) is 6.61. The van der Waals surface area contributed by atoms with Crippen molar-refractivity contribution in [3.05, 3.63) is 34.9 Å². The second-order valence-electron chi connectivity index (χ2n) is 8.58. The molecule has 0 atom stereocenters. The van der Waals surface area contributed by atoms with Crippen molar-refractivity contribution in [2.75, 3.05) is 0 Å². The van der Waals surface area contributed by atoms with Crippen LogP contribution in [0.15, 0.2) is 24.3 Å². The highest BCUT2D eigenvalue weighted by Gasteiger charge is 2.54. The van der Waals surface area contributed by atoms with Crippen LogP contribution in [0.5, 0.6) is 0 Å². The van der Waals surface area contributed by atoms with Gasteiger partial charge in [0.1, 0.15) is 0 Å². The van der Waals surface area contributed by atoms with Gasteiger partial charge < -0.3 is 9.31 Å². The molecule has 3 nitrogen and oxygen atoms in total. The highest BCUT2D eigenvalue weighted by Crippen LogP contribution is 2.50. The fraction of sp³-hybridized carbons (Fsp3) is 0.650. The van der Waals surface area contributed by atoms with Crippen LogP contribution in [-0.2, 0) is 14.7 Å². The van der Waals surface area contributed by atoms with Gasteiger partial charge in [-0.15, -0.1) is 0 Å². The monoisotopic (exact) mass is 359 g/mol. The van der Waals surface area contributed by atoms with Crippen LogP contribution in [0, 0.1) is 11.3 Å². The number of halogens is 1. The zero-order valence-electron chi connectivity index (χ0n) is 15.6. The maximum Gasteiger partial charge on any atom is 0.461 e. The molecule has 0 spiro atoms. The molecule has 1 saturated carbocycles. The number of benzene rings is 1. The van der Waals surface area contributed by atoms with E-state index in [0.717, 1.165) is 30.7 Å². The smallest absolute Gasteiger partial charge is 0.403 e. The molecule has 0 radical (unpaired) electrons. The molecule has 1 heterocycles. The van der Waals surface area contributed by atoms with Crippen molar-refractivity contribution in [1.82, 2.24) is 0 Å². The fourth-order valence-electron chi connectivity index (χ4n) is 4.07. The normalized spacial score (nSPS) is 30.9.